The van der Waals surface area contributed by atoms with Gasteiger partial charge in [0, 0.05) is 19.3 Å². The molecule has 0 saturated heterocycles. The minimum atomic E-state index is -0.946. The summed E-state index contributed by atoms with van der Waals surface area (Å²) in [6.07, 6.45) is 8.14. The summed E-state index contributed by atoms with van der Waals surface area (Å²) in [7, 11) is 0. The van der Waals surface area contributed by atoms with Gasteiger partial charge < -0.3 is 15.2 Å². The minimum Gasteiger partial charge on any atom is -0.478 e. The number of pyridine rings is 1. The van der Waals surface area contributed by atoms with Gasteiger partial charge in [0.2, 0.25) is 0 Å². The summed E-state index contributed by atoms with van der Waals surface area (Å²) in [5.41, 5.74) is 1.06. The summed E-state index contributed by atoms with van der Waals surface area (Å²) in [6, 6.07) is 3.31. The zero-order chi connectivity index (χ0) is 14.2. The summed E-state index contributed by atoms with van der Waals surface area (Å²) in [6.45, 7) is 2.14. The van der Waals surface area contributed by atoms with E-state index in [1.54, 1.807) is 12.1 Å². The maximum atomic E-state index is 10.7. The highest BCUT2D eigenvalue weighted by Crippen LogP contribution is 2.19. The Morgan fingerprint density at radius 1 is 1.35 bits per heavy atom. The molecule has 0 aliphatic heterocycles. The summed E-state index contributed by atoms with van der Waals surface area (Å²) in [5.74, 6) is -0.946. The molecule has 1 fully saturated rings. The fourth-order valence-corrected chi connectivity index (χ4v) is 2.40. The molecule has 0 radical (unpaired) electrons. The van der Waals surface area contributed by atoms with Crippen LogP contribution in [0.25, 0.3) is 0 Å². The topological polar surface area (TPSA) is 71.5 Å². The number of rotatable bonds is 7. The molecular weight excluding hydrogens is 256 g/mol. The number of carboxylic acid groups (broad SMARTS) is 1. The average molecular weight is 278 g/mol. The van der Waals surface area contributed by atoms with Crippen molar-refractivity contribution in [1.29, 1.82) is 0 Å². The first-order chi connectivity index (χ1) is 9.75. The second kappa shape index (κ2) is 7.97. The van der Waals surface area contributed by atoms with Crippen molar-refractivity contribution in [3.8, 4) is 0 Å². The molecule has 20 heavy (non-hydrogen) atoms. The molecule has 110 valence electrons. The molecule has 2 N–H and O–H groups in total. The predicted octanol–water partition coefficient (Wildman–Crippen LogP) is 2.22. The normalized spacial score (nSPS) is 16.2. The van der Waals surface area contributed by atoms with E-state index in [9.17, 15) is 4.79 Å². The average Bonchev–Trinajstić information content (AvgIpc) is 2.48. The van der Waals surface area contributed by atoms with Crippen LogP contribution < -0.4 is 5.32 Å². The van der Waals surface area contributed by atoms with E-state index >= 15 is 0 Å². The number of carboxylic acids is 1. The lowest BCUT2D eigenvalue weighted by Crippen LogP contribution is -2.24. The molecule has 1 heterocycles. The lowest BCUT2D eigenvalue weighted by molar-refractivity contribution is 0.0302. The van der Waals surface area contributed by atoms with Crippen molar-refractivity contribution in [2.45, 2.75) is 44.8 Å². The first-order valence-corrected chi connectivity index (χ1v) is 7.26. The number of hydrogen-bond donors (Lipinski definition) is 2. The van der Waals surface area contributed by atoms with Gasteiger partial charge in [-0.15, -0.1) is 0 Å². The molecule has 1 aromatic rings. The van der Waals surface area contributed by atoms with Gasteiger partial charge in [-0.1, -0.05) is 19.3 Å². The van der Waals surface area contributed by atoms with Crippen LogP contribution in [0.4, 0.5) is 0 Å². The van der Waals surface area contributed by atoms with Gasteiger partial charge >= 0.3 is 5.97 Å². The number of nitrogens with zero attached hydrogens (tertiary/aromatic N) is 1. The first kappa shape index (κ1) is 14.9. The molecule has 0 aromatic carbocycles. The van der Waals surface area contributed by atoms with Crippen molar-refractivity contribution in [1.82, 2.24) is 10.3 Å². The van der Waals surface area contributed by atoms with E-state index < -0.39 is 5.97 Å². The molecule has 1 aromatic heterocycles. The molecule has 0 atom stereocenters. The molecule has 0 amide bonds. The van der Waals surface area contributed by atoms with E-state index in [1.165, 1.54) is 38.3 Å². The van der Waals surface area contributed by atoms with Crippen LogP contribution in [0.2, 0.25) is 0 Å². The van der Waals surface area contributed by atoms with Crippen molar-refractivity contribution in [2.24, 2.45) is 0 Å². The third-order valence-corrected chi connectivity index (χ3v) is 3.56. The van der Waals surface area contributed by atoms with Gasteiger partial charge in [0.1, 0.15) is 0 Å². The first-order valence-electron chi connectivity index (χ1n) is 7.26. The molecule has 1 aliphatic rings. The van der Waals surface area contributed by atoms with Gasteiger partial charge in [-0.3, -0.25) is 4.98 Å². The van der Waals surface area contributed by atoms with Crippen molar-refractivity contribution in [3.05, 3.63) is 29.6 Å². The lowest BCUT2D eigenvalue weighted by Gasteiger charge is -2.21. The number of ether oxygens (including phenoxy) is 1. The standard InChI is InChI=1S/C15H22N2O3/c18-15(19)12-6-7-13(17-10-12)11-16-8-9-20-14-4-2-1-3-5-14/h6-7,10,14,16H,1-5,8-9,11H2,(H,18,19). The highest BCUT2D eigenvalue weighted by Gasteiger charge is 2.12. The van der Waals surface area contributed by atoms with Crippen LogP contribution in [0.1, 0.15) is 48.2 Å². The largest absolute Gasteiger partial charge is 0.478 e. The van der Waals surface area contributed by atoms with Gasteiger partial charge in [0.25, 0.3) is 0 Å². The van der Waals surface area contributed by atoms with Crippen molar-refractivity contribution >= 4 is 5.97 Å². The number of nitrogens with one attached hydrogen (secondary N) is 1. The van der Waals surface area contributed by atoms with Gasteiger partial charge in [0.15, 0.2) is 0 Å². The Kier molecular flexibility index (Phi) is 5.95. The molecule has 2 rings (SSSR count). The summed E-state index contributed by atoms with van der Waals surface area (Å²) in [5, 5.41) is 12.0. The van der Waals surface area contributed by atoms with Gasteiger partial charge in [-0.25, -0.2) is 4.79 Å². The zero-order valence-corrected chi connectivity index (χ0v) is 11.7. The second-order valence-electron chi connectivity index (χ2n) is 5.15. The third kappa shape index (κ3) is 4.90. The summed E-state index contributed by atoms with van der Waals surface area (Å²) < 4.78 is 5.81. The van der Waals surface area contributed by atoms with Gasteiger partial charge in [-0.05, 0) is 25.0 Å². The molecule has 0 bridgehead atoms. The minimum absolute atomic E-state index is 0.217. The highest BCUT2D eigenvalue weighted by atomic mass is 16.5. The number of aromatic carboxylic acids is 1. The maximum absolute atomic E-state index is 10.7. The van der Waals surface area contributed by atoms with E-state index in [1.807, 2.05) is 0 Å². The lowest BCUT2D eigenvalue weighted by atomic mass is 9.98. The number of aromatic nitrogens is 1. The Hall–Kier alpha value is -1.46. The van der Waals surface area contributed by atoms with Crippen LogP contribution in [0.5, 0.6) is 0 Å². The van der Waals surface area contributed by atoms with Crippen LogP contribution in [-0.4, -0.2) is 35.3 Å². The van der Waals surface area contributed by atoms with E-state index in [2.05, 4.69) is 10.3 Å². The smallest absolute Gasteiger partial charge is 0.337 e. The fraction of sp³-hybridized carbons (Fsp3) is 0.600. The van der Waals surface area contributed by atoms with Crippen LogP contribution in [-0.2, 0) is 11.3 Å². The van der Waals surface area contributed by atoms with Crippen molar-refractivity contribution in [3.63, 3.8) is 0 Å². The highest BCUT2D eigenvalue weighted by molar-refractivity contribution is 5.87. The van der Waals surface area contributed by atoms with Gasteiger partial charge in [0.05, 0.1) is 24.0 Å². The Labute approximate surface area is 119 Å². The summed E-state index contributed by atoms with van der Waals surface area (Å²) >= 11 is 0. The Morgan fingerprint density at radius 3 is 2.80 bits per heavy atom. The monoisotopic (exact) mass is 278 g/mol. The van der Waals surface area contributed by atoms with E-state index in [0.29, 0.717) is 12.6 Å². The molecule has 0 spiro atoms. The Bertz CT molecular complexity index is 414. The van der Waals surface area contributed by atoms with Gasteiger partial charge in [-0.2, -0.15) is 0 Å². The van der Waals surface area contributed by atoms with E-state index in [4.69, 9.17) is 9.84 Å². The molecule has 1 aliphatic carbocycles. The van der Waals surface area contributed by atoms with Crippen molar-refractivity contribution in [2.75, 3.05) is 13.2 Å². The molecular formula is C15H22N2O3. The molecule has 0 unspecified atom stereocenters. The van der Waals surface area contributed by atoms with Crippen molar-refractivity contribution < 1.29 is 14.6 Å². The SMILES string of the molecule is O=C(O)c1ccc(CNCCOC2CCCCC2)nc1. The predicted molar refractivity (Wildman–Crippen MR) is 75.7 cm³/mol. The number of carbonyl (C=O) groups is 1. The van der Waals surface area contributed by atoms with E-state index in [0.717, 1.165) is 18.8 Å². The second-order valence-corrected chi connectivity index (χ2v) is 5.15. The number of hydrogen-bond acceptors (Lipinski definition) is 4. The van der Waals surface area contributed by atoms with Crippen LogP contribution in [0.15, 0.2) is 18.3 Å². The zero-order valence-electron chi connectivity index (χ0n) is 11.7. The third-order valence-electron chi connectivity index (χ3n) is 3.56. The fourth-order valence-electron chi connectivity index (χ4n) is 2.40. The van der Waals surface area contributed by atoms with Crippen LogP contribution in [0.3, 0.4) is 0 Å². The maximum Gasteiger partial charge on any atom is 0.337 e. The molecule has 5 heteroatoms. The molecule has 5 nitrogen and oxygen atoms in total. The van der Waals surface area contributed by atoms with Crippen LogP contribution in [0, 0.1) is 0 Å². The molecule has 1 saturated carbocycles. The van der Waals surface area contributed by atoms with E-state index in [-0.39, 0.29) is 5.56 Å². The Balaban J connectivity index is 1.59. The summed E-state index contributed by atoms with van der Waals surface area (Å²) in [4.78, 5) is 14.8. The Morgan fingerprint density at radius 2 is 2.15 bits per heavy atom. The quantitative estimate of drug-likeness (QED) is 0.748. The van der Waals surface area contributed by atoms with Crippen LogP contribution >= 0.6 is 0 Å².